The van der Waals surface area contributed by atoms with E-state index < -0.39 is 0 Å². The van der Waals surface area contributed by atoms with E-state index in [9.17, 15) is 0 Å². The molecule has 0 unspecified atom stereocenters. The van der Waals surface area contributed by atoms with Crippen molar-refractivity contribution in [3.05, 3.63) is 28.8 Å². The molecule has 2 nitrogen and oxygen atoms in total. The SMILES string of the molecule is CN1CCN=C(Cl)c2cc(Cl)ccc21. The van der Waals surface area contributed by atoms with Crippen LogP contribution in [0.1, 0.15) is 5.56 Å². The Balaban J connectivity index is 2.58. The zero-order valence-electron chi connectivity index (χ0n) is 7.80. The largest absolute Gasteiger partial charge is 0.372 e. The van der Waals surface area contributed by atoms with Gasteiger partial charge in [0.1, 0.15) is 5.17 Å². The first-order chi connectivity index (χ1) is 6.68. The Morgan fingerprint density at radius 1 is 1.36 bits per heavy atom. The van der Waals surface area contributed by atoms with E-state index in [2.05, 4.69) is 9.89 Å². The third kappa shape index (κ3) is 1.72. The zero-order valence-corrected chi connectivity index (χ0v) is 9.31. The summed E-state index contributed by atoms with van der Waals surface area (Å²) in [5, 5.41) is 1.24. The van der Waals surface area contributed by atoms with E-state index in [0.29, 0.717) is 10.2 Å². The van der Waals surface area contributed by atoms with Crippen molar-refractivity contribution in [2.45, 2.75) is 0 Å². The lowest BCUT2D eigenvalue weighted by Crippen LogP contribution is -2.20. The fraction of sp³-hybridized carbons (Fsp3) is 0.300. The summed E-state index contributed by atoms with van der Waals surface area (Å²) in [6.07, 6.45) is 0. The summed E-state index contributed by atoms with van der Waals surface area (Å²) in [6.45, 7) is 1.60. The van der Waals surface area contributed by atoms with Gasteiger partial charge < -0.3 is 4.90 Å². The van der Waals surface area contributed by atoms with Crippen LogP contribution in [0.4, 0.5) is 5.69 Å². The fourth-order valence-electron chi connectivity index (χ4n) is 1.51. The molecule has 14 heavy (non-hydrogen) atoms. The summed E-state index contributed by atoms with van der Waals surface area (Å²) in [6, 6.07) is 5.69. The Hall–Kier alpha value is -0.730. The molecule has 0 saturated heterocycles. The second kappa shape index (κ2) is 3.79. The maximum atomic E-state index is 6.05. The first-order valence-electron chi connectivity index (χ1n) is 4.39. The molecule has 0 aliphatic carbocycles. The average molecular weight is 229 g/mol. The number of benzene rings is 1. The summed E-state index contributed by atoms with van der Waals surface area (Å²) in [5.41, 5.74) is 2.00. The van der Waals surface area contributed by atoms with E-state index in [0.717, 1.165) is 24.3 Å². The molecule has 4 heteroatoms. The maximum absolute atomic E-state index is 6.05. The van der Waals surface area contributed by atoms with Crippen LogP contribution in [-0.2, 0) is 0 Å². The molecule has 0 fully saturated rings. The van der Waals surface area contributed by atoms with Crippen LogP contribution in [0.15, 0.2) is 23.2 Å². The highest BCUT2D eigenvalue weighted by Gasteiger charge is 2.14. The fourth-order valence-corrected chi connectivity index (χ4v) is 1.92. The zero-order chi connectivity index (χ0) is 10.1. The average Bonchev–Trinajstić information content (AvgIpc) is 2.28. The van der Waals surface area contributed by atoms with Gasteiger partial charge in [-0.2, -0.15) is 0 Å². The van der Waals surface area contributed by atoms with Crippen molar-refractivity contribution in [3.63, 3.8) is 0 Å². The Morgan fingerprint density at radius 2 is 2.14 bits per heavy atom. The quantitative estimate of drug-likeness (QED) is 0.667. The van der Waals surface area contributed by atoms with Gasteiger partial charge in [-0.25, -0.2) is 0 Å². The molecular formula is C10H10Cl2N2. The van der Waals surface area contributed by atoms with Crippen molar-refractivity contribution in [2.24, 2.45) is 4.99 Å². The van der Waals surface area contributed by atoms with Gasteiger partial charge in [-0.1, -0.05) is 23.2 Å². The van der Waals surface area contributed by atoms with Gasteiger partial charge in [-0.05, 0) is 18.2 Å². The number of hydrogen-bond donors (Lipinski definition) is 0. The van der Waals surface area contributed by atoms with Gasteiger partial charge >= 0.3 is 0 Å². The first-order valence-corrected chi connectivity index (χ1v) is 5.15. The molecule has 1 aliphatic rings. The van der Waals surface area contributed by atoms with Crippen LogP contribution in [0.25, 0.3) is 0 Å². The van der Waals surface area contributed by atoms with Crippen molar-refractivity contribution in [3.8, 4) is 0 Å². The molecule has 0 N–H and O–H groups in total. The van der Waals surface area contributed by atoms with Crippen molar-refractivity contribution >= 4 is 34.1 Å². The number of halogens is 2. The van der Waals surface area contributed by atoms with Crippen LogP contribution in [0.2, 0.25) is 5.02 Å². The highest BCUT2D eigenvalue weighted by molar-refractivity contribution is 6.70. The normalized spacial score (nSPS) is 15.9. The summed E-state index contributed by atoms with van der Waals surface area (Å²) >= 11 is 12.0. The van der Waals surface area contributed by atoms with Gasteiger partial charge in [0, 0.05) is 29.9 Å². The standard InChI is InChI=1S/C10H10Cl2N2/c1-14-5-4-13-10(12)8-6-7(11)2-3-9(8)14/h2-3,6H,4-5H2,1H3. The summed E-state index contributed by atoms with van der Waals surface area (Å²) in [4.78, 5) is 6.37. The van der Waals surface area contributed by atoms with Crippen LogP contribution >= 0.6 is 23.2 Å². The van der Waals surface area contributed by atoms with Gasteiger partial charge in [0.15, 0.2) is 0 Å². The van der Waals surface area contributed by atoms with Crippen LogP contribution < -0.4 is 4.90 Å². The lowest BCUT2D eigenvalue weighted by molar-refractivity contribution is 0.897. The van der Waals surface area contributed by atoms with E-state index in [1.165, 1.54) is 0 Å². The number of anilines is 1. The second-order valence-corrected chi connectivity index (χ2v) is 4.05. The van der Waals surface area contributed by atoms with Crippen molar-refractivity contribution in [2.75, 3.05) is 25.0 Å². The number of fused-ring (bicyclic) bond motifs is 1. The molecule has 0 aromatic heterocycles. The monoisotopic (exact) mass is 228 g/mol. The summed E-state index contributed by atoms with van der Waals surface area (Å²) in [5.74, 6) is 0. The van der Waals surface area contributed by atoms with E-state index in [4.69, 9.17) is 23.2 Å². The number of benzodiazepines with no additional fused rings is 1. The van der Waals surface area contributed by atoms with E-state index in [1.807, 2.05) is 25.2 Å². The highest BCUT2D eigenvalue weighted by atomic mass is 35.5. The van der Waals surface area contributed by atoms with Gasteiger partial charge in [-0.3, -0.25) is 4.99 Å². The van der Waals surface area contributed by atoms with Gasteiger partial charge in [-0.15, -0.1) is 0 Å². The van der Waals surface area contributed by atoms with Crippen LogP contribution in [0, 0.1) is 0 Å². The third-order valence-electron chi connectivity index (χ3n) is 2.28. The number of aliphatic imine (C=N–C) groups is 1. The lowest BCUT2D eigenvalue weighted by atomic mass is 10.2. The minimum Gasteiger partial charge on any atom is -0.372 e. The Labute approximate surface area is 93.1 Å². The third-order valence-corrected chi connectivity index (χ3v) is 2.84. The van der Waals surface area contributed by atoms with Gasteiger partial charge in [0.25, 0.3) is 0 Å². The number of nitrogens with zero attached hydrogens (tertiary/aromatic N) is 2. The molecule has 0 amide bonds. The molecule has 1 aromatic carbocycles. The number of rotatable bonds is 0. The molecule has 0 saturated carbocycles. The van der Waals surface area contributed by atoms with E-state index in [-0.39, 0.29) is 0 Å². The highest BCUT2D eigenvalue weighted by Crippen LogP contribution is 2.26. The maximum Gasteiger partial charge on any atom is 0.133 e. The molecule has 0 bridgehead atoms. The minimum atomic E-state index is 0.548. The summed E-state index contributed by atoms with van der Waals surface area (Å²) in [7, 11) is 2.03. The Morgan fingerprint density at radius 3 is 2.93 bits per heavy atom. The van der Waals surface area contributed by atoms with Gasteiger partial charge in [0.05, 0.1) is 6.54 Å². The lowest BCUT2D eigenvalue weighted by Gasteiger charge is -2.18. The molecule has 0 radical (unpaired) electrons. The molecule has 2 rings (SSSR count). The number of hydrogen-bond acceptors (Lipinski definition) is 2. The molecular weight excluding hydrogens is 219 g/mol. The Kier molecular flexibility index (Phi) is 2.66. The van der Waals surface area contributed by atoms with E-state index >= 15 is 0 Å². The molecule has 1 heterocycles. The van der Waals surface area contributed by atoms with Crippen LogP contribution in [0.5, 0.6) is 0 Å². The van der Waals surface area contributed by atoms with Crippen molar-refractivity contribution in [1.29, 1.82) is 0 Å². The van der Waals surface area contributed by atoms with Crippen LogP contribution in [-0.4, -0.2) is 25.3 Å². The Bertz CT molecular complexity index is 388. The first kappa shape index (κ1) is 9.81. The predicted molar refractivity (Wildman–Crippen MR) is 62.0 cm³/mol. The topological polar surface area (TPSA) is 15.6 Å². The molecule has 0 atom stereocenters. The van der Waals surface area contributed by atoms with Gasteiger partial charge in [0.2, 0.25) is 0 Å². The van der Waals surface area contributed by atoms with Crippen LogP contribution in [0.3, 0.4) is 0 Å². The smallest absolute Gasteiger partial charge is 0.133 e. The minimum absolute atomic E-state index is 0.548. The second-order valence-electron chi connectivity index (χ2n) is 3.26. The molecule has 74 valence electrons. The van der Waals surface area contributed by atoms with E-state index in [1.54, 1.807) is 0 Å². The van der Waals surface area contributed by atoms with Crippen molar-refractivity contribution < 1.29 is 0 Å². The van der Waals surface area contributed by atoms with Crippen molar-refractivity contribution in [1.82, 2.24) is 0 Å². The number of likely N-dealkylation sites (N-methyl/N-ethyl adjacent to an activating group) is 1. The predicted octanol–water partition coefficient (Wildman–Crippen LogP) is 2.78. The molecule has 1 aliphatic heterocycles. The summed E-state index contributed by atoms with van der Waals surface area (Å²) < 4.78 is 0. The molecule has 1 aromatic rings. The molecule has 0 spiro atoms.